The number of rotatable bonds is 5. The van der Waals surface area contributed by atoms with Crippen molar-refractivity contribution in [3.8, 4) is 5.75 Å². The topological polar surface area (TPSA) is 29.5 Å². The molecule has 0 bridgehead atoms. The fourth-order valence-corrected chi connectivity index (χ4v) is 4.58. The van der Waals surface area contributed by atoms with E-state index in [1.54, 1.807) is 18.9 Å². The van der Waals surface area contributed by atoms with Crippen LogP contribution in [0.4, 0.5) is 0 Å². The summed E-state index contributed by atoms with van der Waals surface area (Å²) in [5.41, 5.74) is 1.16. The van der Waals surface area contributed by atoms with Gasteiger partial charge in [0.25, 0.3) is 0 Å². The summed E-state index contributed by atoms with van der Waals surface area (Å²) in [5.74, 6) is 1.52. The minimum Gasteiger partial charge on any atom is -0.497 e. The second-order valence-electron chi connectivity index (χ2n) is 6.82. The Bertz CT molecular complexity index is 956. The first-order valence-corrected chi connectivity index (χ1v) is 10.3. The van der Waals surface area contributed by atoms with Crippen LogP contribution >= 0.6 is 11.8 Å². The van der Waals surface area contributed by atoms with Crippen molar-refractivity contribution in [2.24, 2.45) is 0 Å². The van der Waals surface area contributed by atoms with Crippen LogP contribution in [0.25, 0.3) is 10.8 Å². The molecule has 3 aromatic carbocycles. The van der Waals surface area contributed by atoms with Crippen LogP contribution in [0, 0.1) is 0 Å². The summed E-state index contributed by atoms with van der Waals surface area (Å²) in [5, 5.41) is 2.44. The number of likely N-dealkylation sites (tertiary alicyclic amines) is 1. The number of carbonyl (C=O) groups excluding carboxylic acids is 1. The van der Waals surface area contributed by atoms with Gasteiger partial charge in [0, 0.05) is 11.4 Å². The van der Waals surface area contributed by atoms with Crippen molar-refractivity contribution in [1.29, 1.82) is 0 Å². The molecule has 27 heavy (non-hydrogen) atoms. The normalized spacial score (nSPS) is 16.6. The van der Waals surface area contributed by atoms with Crippen LogP contribution in [0.15, 0.2) is 71.6 Å². The summed E-state index contributed by atoms with van der Waals surface area (Å²) in [7, 11) is 1.68. The number of amides is 1. The van der Waals surface area contributed by atoms with Gasteiger partial charge >= 0.3 is 0 Å². The van der Waals surface area contributed by atoms with Crippen LogP contribution in [-0.4, -0.2) is 30.2 Å². The van der Waals surface area contributed by atoms with E-state index in [4.69, 9.17) is 4.74 Å². The van der Waals surface area contributed by atoms with E-state index in [0.717, 1.165) is 35.6 Å². The zero-order valence-electron chi connectivity index (χ0n) is 15.4. The first-order chi connectivity index (χ1) is 13.2. The highest BCUT2D eigenvalue weighted by molar-refractivity contribution is 8.00. The van der Waals surface area contributed by atoms with E-state index in [9.17, 15) is 4.79 Å². The number of methoxy groups -OCH3 is 1. The molecule has 4 rings (SSSR count). The molecule has 0 saturated carbocycles. The summed E-state index contributed by atoms with van der Waals surface area (Å²) in [6.45, 7) is 0.832. The number of fused-ring (bicyclic) bond motifs is 1. The summed E-state index contributed by atoms with van der Waals surface area (Å²) in [6, 6.07) is 22.9. The van der Waals surface area contributed by atoms with Gasteiger partial charge in [-0.15, -0.1) is 11.8 Å². The molecule has 1 atom stereocenters. The standard InChI is InChI=1S/C23H23NO2S/c1-26-20-9-4-8-19(14-20)22-10-5-13-24(22)23(25)16-27-21-12-11-17-6-2-3-7-18(17)15-21/h2-4,6-9,11-12,14-15,22H,5,10,13,16H2,1H3. The van der Waals surface area contributed by atoms with Crippen molar-refractivity contribution in [1.82, 2.24) is 4.90 Å². The lowest BCUT2D eigenvalue weighted by molar-refractivity contribution is -0.129. The average molecular weight is 378 g/mol. The largest absolute Gasteiger partial charge is 0.497 e. The van der Waals surface area contributed by atoms with Crippen molar-refractivity contribution in [3.63, 3.8) is 0 Å². The van der Waals surface area contributed by atoms with Gasteiger partial charge in [0.15, 0.2) is 0 Å². The van der Waals surface area contributed by atoms with Gasteiger partial charge in [-0.1, -0.05) is 42.5 Å². The molecule has 1 saturated heterocycles. The maximum Gasteiger partial charge on any atom is 0.233 e. The first kappa shape index (κ1) is 17.9. The van der Waals surface area contributed by atoms with E-state index in [-0.39, 0.29) is 11.9 Å². The summed E-state index contributed by atoms with van der Waals surface area (Å²) in [6.07, 6.45) is 2.06. The fraction of sp³-hybridized carbons (Fsp3) is 0.261. The number of hydrogen-bond donors (Lipinski definition) is 0. The van der Waals surface area contributed by atoms with Crippen LogP contribution in [0.2, 0.25) is 0 Å². The fourth-order valence-electron chi connectivity index (χ4n) is 3.75. The number of thioether (sulfide) groups is 1. The Kier molecular flexibility index (Phi) is 5.35. The highest BCUT2D eigenvalue weighted by Crippen LogP contribution is 2.34. The Morgan fingerprint density at radius 1 is 1.07 bits per heavy atom. The van der Waals surface area contributed by atoms with Crippen molar-refractivity contribution in [2.75, 3.05) is 19.4 Å². The smallest absolute Gasteiger partial charge is 0.233 e. The van der Waals surface area contributed by atoms with Gasteiger partial charge in [-0.05, 0) is 53.4 Å². The third-order valence-electron chi connectivity index (χ3n) is 5.13. The molecule has 3 aromatic rings. The Labute approximate surface area is 164 Å². The minimum atomic E-state index is 0.157. The number of benzene rings is 3. The molecule has 0 N–H and O–H groups in total. The predicted molar refractivity (Wildman–Crippen MR) is 111 cm³/mol. The number of hydrogen-bond acceptors (Lipinski definition) is 3. The van der Waals surface area contributed by atoms with Gasteiger partial charge < -0.3 is 9.64 Å². The Morgan fingerprint density at radius 2 is 1.93 bits per heavy atom. The molecule has 3 nitrogen and oxygen atoms in total. The van der Waals surface area contributed by atoms with E-state index in [2.05, 4.69) is 36.4 Å². The average Bonchev–Trinajstić information content (AvgIpc) is 3.22. The lowest BCUT2D eigenvalue weighted by Crippen LogP contribution is -2.31. The molecule has 0 spiro atoms. The van der Waals surface area contributed by atoms with Crippen molar-refractivity contribution < 1.29 is 9.53 Å². The molecule has 4 heteroatoms. The number of ether oxygens (including phenoxy) is 1. The lowest BCUT2D eigenvalue weighted by Gasteiger charge is -2.25. The maximum atomic E-state index is 12.9. The van der Waals surface area contributed by atoms with Gasteiger partial charge in [0.05, 0.1) is 18.9 Å². The summed E-state index contributed by atoms with van der Waals surface area (Å²) in [4.78, 5) is 16.1. The molecule has 1 amide bonds. The highest BCUT2D eigenvalue weighted by Gasteiger charge is 2.29. The minimum absolute atomic E-state index is 0.157. The summed E-state index contributed by atoms with van der Waals surface area (Å²) >= 11 is 1.62. The summed E-state index contributed by atoms with van der Waals surface area (Å²) < 4.78 is 5.34. The first-order valence-electron chi connectivity index (χ1n) is 9.29. The monoisotopic (exact) mass is 377 g/mol. The van der Waals surface area contributed by atoms with E-state index in [0.29, 0.717) is 5.75 Å². The van der Waals surface area contributed by atoms with Crippen molar-refractivity contribution >= 4 is 28.4 Å². The quantitative estimate of drug-likeness (QED) is 0.565. The van der Waals surface area contributed by atoms with Crippen LogP contribution in [0.3, 0.4) is 0 Å². The van der Waals surface area contributed by atoms with Crippen LogP contribution < -0.4 is 4.74 Å². The lowest BCUT2D eigenvalue weighted by atomic mass is 10.0. The van der Waals surface area contributed by atoms with Gasteiger partial charge in [-0.2, -0.15) is 0 Å². The van der Waals surface area contributed by atoms with Crippen LogP contribution in [-0.2, 0) is 4.79 Å². The van der Waals surface area contributed by atoms with E-state index in [1.807, 2.05) is 35.2 Å². The second-order valence-corrected chi connectivity index (χ2v) is 7.87. The van der Waals surface area contributed by atoms with E-state index in [1.165, 1.54) is 10.8 Å². The molecule has 0 aromatic heterocycles. The Hall–Kier alpha value is -2.46. The molecule has 1 unspecified atom stereocenters. The molecular weight excluding hydrogens is 354 g/mol. The molecule has 0 aliphatic carbocycles. The zero-order chi connectivity index (χ0) is 18.6. The molecule has 138 valence electrons. The van der Waals surface area contributed by atoms with Crippen molar-refractivity contribution in [2.45, 2.75) is 23.8 Å². The van der Waals surface area contributed by atoms with Gasteiger partial charge in [0.2, 0.25) is 5.91 Å². The molecular formula is C23H23NO2S. The van der Waals surface area contributed by atoms with Gasteiger partial charge in [-0.25, -0.2) is 0 Å². The molecule has 1 heterocycles. The van der Waals surface area contributed by atoms with Crippen LogP contribution in [0.1, 0.15) is 24.4 Å². The second kappa shape index (κ2) is 8.05. The third kappa shape index (κ3) is 3.96. The SMILES string of the molecule is COc1cccc(C2CCCN2C(=O)CSc2ccc3ccccc3c2)c1. The van der Waals surface area contributed by atoms with Crippen LogP contribution in [0.5, 0.6) is 5.75 Å². The number of nitrogens with zero attached hydrogens (tertiary/aromatic N) is 1. The molecule has 1 aliphatic rings. The van der Waals surface area contributed by atoms with Gasteiger partial charge in [-0.3, -0.25) is 4.79 Å². The molecule has 1 aliphatic heterocycles. The Morgan fingerprint density at radius 3 is 2.78 bits per heavy atom. The Balaban J connectivity index is 1.44. The maximum absolute atomic E-state index is 12.9. The zero-order valence-corrected chi connectivity index (χ0v) is 16.2. The molecule has 1 fully saturated rings. The predicted octanol–water partition coefficient (Wildman–Crippen LogP) is 5.30. The third-order valence-corrected chi connectivity index (χ3v) is 6.11. The highest BCUT2D eigenvalue weighted by atomic mass is 32.2. The van der Waals surface area contributed by atoms with E-state index >= 15 is 0 Å². The van der Waals surface area contributed by atoms with Crippen molar-refractivity contribution in [3.05, 3.63) is 72.3 Å². The molecule has 0 radical (unpaired) electrons. The number of carbonyl (C=O) groups is 1. The van der Waals surface area contributed by atoms with E-state index < -0.39 is 0 Å². The van der Waals surface area contributed by atoms with Gasteiger partial charge in [0.1, 0.15) is 5.75 Å².